The van der Waals surface area contributed by atoms with E-state index in [1.54, 1.807) is 24.4 Å². The Morgan fingerprint density at radius 3 is 2.89 bits per heavy atom. The van der Waals surface area contributed by atoms with Gasteiger partial charge in [0.1, 0.15) is 5.75 Å². The highest BCUT2D eigenvalue weighted by Crippen LogP contribution is 2.22. The van der Waals surface area contributed by atoms with Crippen molar-refractivity contribution < 1.29 is 5.11 Å². The van der Waals surface area contributed by atoms with Crippen LogP contribution in [0.25, 0.3) is 0 Å². The van der Waals surface area contributed by atoms with E-state index >= 15 is 0 Å². The molecule has 0 spiro atoms. The van der Waals surface area contributed by atoms with Crippen molar-refractivity contribution in [3.8, 4) is 5.75 Å². The van der Waals surface area contributed by atoms with E-state index in [1.165, 1.54) is 0 Å². The number of phenolic OH excluding ortho intramolecular Hbond substituents is 1. The van der Waals surface area contributed by atoms with Gasteiger partial charge in [0.25, 0.3) is 0 Å². The smallest absolute Gasteiger partial charge is 0.120 e. The zero-order chi connectivity index (χ0) is 13.0. The first-order chi connectivity index (χ1) is 8.66. The molecule has 2 rings (SSSR count). The molecule has 1 unspecified atom stereocenters. The van der Waals surface area contributed by atoms with Gasteiger partial charge in [0, 0.05) is 29.4 Å². The van der Waals surface area contributed by atoms with E-state index in [2.05, 4.69) is 10.3 Å². The summed E-state index contributed by atoms with van der Waals surface area (Å²) in [5, 5.41) is 13.6. The first-order valence-electron chi connectivity index (χ1n) is 5.78. The average Bonchev–Trinajstić information content (AvgIpc) is 2.40. The molecule has 0 aliphatic rings. The quantitative estimate of drug-likeness (QED) is 0.889. The minimum Gasteiger partial charge on any atom is -0.508 e. The number of pyridine rings is 1. The molecule has 0 bridgehead atoms. The zero-order valence-electron chi connectivity index (χ0n) is 10.1. The Morgan fingerprint density at radius 2 is 2.17 bits per heavy atom. The number of rotatable bonds is 4. The lowest BCUT2D eigenvalue weighted by atomic mass is 10.1. The number of hydrogen-bond acceptors (Lipinski definition) is 3. The van der Waals surface area contributed by atoms with E-state index in [1.807, 2.05) is 25.1 Å². The van der Waals surface area contributed by atoms with Crippen LogP contribution < -0.4 is 5.32 Å². The first kappa shape index (κ1) is 12.9. The lowest BCUT2D eigenvalue weighted by molar-refractivity contribution is 0.459. The number of aromatic hydroxyl groups is 1. The topological polar surface area (TPSA) is 45.1 Å². The van der Waals surface area contributed by atoms with Gasteiger partial charge in [-0.15, -0.1) is 0 Å². The standard InChI is InChI=1S/C14H15ClN2O/c1-10(13-4-2-3-7-16-13)17-9-11-8-12(15)5-6-14(11)18/h2-8,10,17-18H,9H2,1H3. The molecule has 0 fully saturated rings. The van der Waals surface area contributed by atoms with Crippen molar-refractivity contribution >= 4 is 11.6 Å². The van der Waals surface area contributed by atoms with Crippen molar-refractivity contribution in [3.63, 3.8) is 0 Å². The number of hydrogen-bond donors (Lipinski definition) is 2. The third-order valence-corrected chi connectivity index (χ3v) is 3.01. The highest BCUT2D eigenvalue weighted by Gasteiger charge is 2.07. The molecule has 0 aliphatic heterocycles. The maximum absolute atomic E-state index is 9.70. The predicted molar refractivity (Wildman–Crippen MR) is 72.6 cm³/mol. The second-order valence-corrected chi connectivity index (χ2v) is 4.57. The Bertz CT molecular complexity index is 516. The van der Waals surface area contributed by atoms with Crippen LogP contribution in [-0.4, -0.2) is 10.1 Å². The number of benzene rings is 1. The van der Waals surface area contributed by atoms with Crippen LogP contribution >= 0.6 is 11.6 Å². The van der Waals surface area contributed by atoms with Crippen molar-refractivity contribution in [1.82, 2.24) is 10.3 Å². The minimum atomic E-state index is 0.115. The highest BCUT2D eigenvalue weighted by molar-refractivity contribution is 6.30. The lowest BCUT2D eigenvalue weighted by Gasteiger charge is -2.14. The average molecular weight is 263 g/mol. The summed E-state index contributed by atoms with van der Waals surface area (Å²) >= 11 is 5.90. The Balaban J connectivity index is 2.01. The summed E-state index contributed by atoms with van der Waals surface area (Å²) in [6.07, 6.45) is 1.77. The SMILES string of the molecule is CC(NCc1cc(Cl)ccc1O)c1ccccn1. The van der Waals surface area contributed by atoms with E-state index in [0.717, 1.165) is 11.3 Å². The first-order valence-corrected chi connectivity index (χ1v) is 6.16. The van der Waals surface area contributed by atoms with Crippen LogP contribution in [-0.2, 0) is 6.54 Å². The number of phenols is 1. The lowest BCUT2D eigenvalue weighted by Crippen LogP contribution is -2.19. The largest absolute Gasteiger partial charge is 0.508 e. The normalized spacial score (nSPS) is 12.3. The van der Waals surface area contributed by atoms with Crippen LogP contribution in [0.15, 0.2) is 42.6 Å². The van der Waals surface area contributed by atoms with Crippen molar-refractivity contribution in [2.75, 3.05) is 0 Å². The van der Waals surface area contributed by atoms with Crippen LogP contribution in [0.5, 0.6) is 5.75 Å². The molecule has 4 heteroatoms. The Labute approximate surface area is 111 Å². The van der Waals surface area contributed by atoms with Crippen molar-refractivity contribution in [1.29, 1.82) is 0 Å². The van der Waals surface area contributed by atoms with E-state index in [-0.39, 0.29) is 11.8 Å². The fourth-order valence-corrected chi connectivity index (χ4v) is 1.89. The number of halogens is 1. The molecule has 2 N–H and O–H groups in total. The van der Waals surface area contributed by atoms with E-state index in [9.17, 15) is 5.11 Å². The summed E-state index contributed by atoms with van der Waals surface area (Å²) in [6, 6.07) is 11.0. The maximum atomic E-state index is 9.70. The van der Waals surface area contributed by atoms with Gasteiger partial charge in [0.15, 0.2) is 0 Å². The van der Waals surface area contributed by atoms with Gasteiger partial charge in [0.2, 0.25) is 0 Å². The van der Waals surface area contributed by atoms with Crippen LogP contribution in [0.3, 0.4) is 0 Å². The van der Waals surface area contributed by atoms with Crippen molar-refractivity contribution in [2.45, 2.75) is 19.5 Å². The van der Waals surface area contributed by atoms with Crippen LogP contribution in [0.1, 0.15) is 24.2 Å². The Kier molecular flexibility index (Phi) is 4.18. The summed E-state index contributed by atoms with van der Waals surface area (Å²) in [5.74, 6) is 0.250. The third-order valence-electron chi connectivity index (χ3n) is 2.77. The number of nitrogens with zero attached hydrogens (tertiary/aromatic N) is 1. The van der Waals surface area contributed by atoms with E-state index in [0.29, 0.717) is 11.6 Å². The van der Waals surface area contributed by atoms with Crippen LogP contribution in [0.2, 0.25) is 5.02 Å². The molecule has 0 amide bonds. The van der Waals surface area contributed by atoms with Crippen LogP contribution in [0, 0.1) is 0 Å². The molecule has 3 nitrogen and oxygen atoms in total. The molecule has 18 heavy (non-hydrogen) atoms. The fourth-order valence-electron chi connectivity index (χ4n) is 1.70. The molecule has 0 saturated carbocycles. The van der Waals surface area contributed by atoms with Crippen molar-refractivity contribution in [2.24, 2.45) is 0 Å². The molecule has 0 aliphatic carbocycles. The summed E-state index contributed by atoms with van der Waals surface area (Å²) in [7, 11) is 0. The van der Waals surface area contributed by atoms with Gasteiger partial charge in [-0.1, -0.05) is 17.7 Å². The van der Waals surface area contributed by atoms with Gasteiger partial charge in [-0.05, 0) is 37.3 Å². The summed E-state index contributed by atoms with van der Waals surface area (Å²) in [5.41, 5.74) is 1.75. The molecule has 1 heterocycles. The predicted octanol–water partition coefficient (Wildman–Crippen LogP) is 3.29. The molecule has 1 aromatic heterocycles. The summed E-state index contributed by atoms with van der Waals surface area (Å²) in [4.78, 5) is 4.28. The van der Waals surface area contributed by atoms with E-state index in [4.69, 9.17) is 11.6 Å². The van der Waals surface area contributed by atoms with Gasteiger partial charge >= 0.3 is 0 Å². The highest BCUT2D eigenvalue weighted by atomic mass is 35.5. The second kappa shape index (κ2) is 5.85. The molecule has 1 aromatic carbocycles. The molecular weight excluding hydrogens is 248 g/mol. The minimum absolute atomic E-state index is 0.115. The van der Waals surface area contributed by atoms with Gasteiger partial charge < -0.3 is 10.4 Å². The molecule has 2 aromatic rings. The number of nitrogens with one attached hydrogen (secondary N) is 1. The molecular formula is C14H15ClN2O. The third kappa shape index (κ3) is 3.22. The van der Waals surface area contributed by atoms with Crippen molar-refractivity contribution in [3.05, 3.63) is 58.9 Å². The number of aromatic nitrogens is 1. The fraction of sp³-hybridized carbons (Fsp3) is 0.214. The summed E-state index contributed by atoms with van der Waals surface area (Å²) in [6.45, 7) is 2.58. The van der Waals surface area contributed by atoms with Gasteiger partial charge in [-0.3, -0.25) is 4.98 Å². The Morgan fingerprint density at radius 1 is 1.33 bits per heavy atom. The van der Waals surface area contributed by atoms with Gasteiger partial charge in [-0.25, -0.2) is 0 Å². The van der Waals surface area contributed by atoms with Crippen LogP contribution in [0.4, 0.5) is 0 Å². The molecule has 1 atom stereocenters. The molecule has 0 saturated heterocycles. The van der Waals surface area contributed by atoms with E-state index < -0.39 is 0 Å². The Hall–Kier alpha value is -1.58. The molecule has 0 radical (unpaired) electrons. The maximum Gasteiger partial charge on any atom is 0.120 e. The second-order valence-electron chi connectivity index (χ2n) is 4.13. The van der Waals surface area contributed by atoms with Gasteiger partial charge in [-0.2, -0.15) is 0 Å². The molecule has 94 valence electrons. The zero-order valence-corrected chi connectivity index (χ0v) is 10.9. The summed E-state index contributed by atoms with van der Waals surface area (Å²) < 4.78 is 0. The van der Waals surface area contributed by atoms with Gasteiger partial charge in [0.05, 0.1) is 5.69 Å². The monoisotopic (exact) mass is 262 g/mol.